The summed E-state index contributed by atoms with van der Waals surface area (Å²) >= 11 is 6.01. The van der Waals surface area contributed by atoms with Crippen LogP contribution in [-0.4, -0.2) is 28.2 Å². The molecule has 1 heterocycles. The zero-order chi connectivity index (χ0) is 14.5. The molecule has 1 N–H and O–H groups in total. The quantitative estimate of drug-likeness (QED) is 0.917. The maximum atomic E-state index is 11.5. The van der Waals surface area contributed by atoms with Gasteiger partial charge in [-0.1, -0.05) is 41.9 Å². The SMILES string of the molecule is COc1ncc(Cl)c(C(Cc2ccccc2)C(=O)O)n1. The number of aliphatic carboxylic acids is 1. The number of methoxy groups -OCH3 is 1. The minimum atomic E-state index is -0.989. The van der Waals surface area contributed by atoms with Crippen LogP contribution in [0.1, 0.15) is 17.2 Å². The van der Waals surface area contributed by atoms with E-state index in [-0.39, 0.29) is 16.7 Å². The van der Waals surface area contributed by atoms with E-state index in [0.29, 0.717) is 6.42 Å². The maximum absolute atomic E-state index is 11.5. The molecule has 2 rings (SSSR count). The van der Waals surface area contributed by atoms with Crippen LogP contribution in [0, 0.1) is 0 Å². The second-order valence-electron chi connectivity index (χ2n) is 4.17. The second kappa shape index (κ2) is 6.34. The highest BCUT2D eigenvalue weighted by Gasteiger charge is 2.25. The van der Waals surface area contributed by atoms with Gasteiger partial charge in [0.1, 0.15) is 5.92 Å². The first kappa shape index (κ1) is 14.3. The van der Waals surface area contributed by atoms with Crippen LogP contribution >= 0.6 is 11.6 Å². The van der Waals surface area contributed by atoms with E-state index in [1.165, 1.54) is 13.3 Å². The molecular weight excluding hydrogens is 280 g/mol. The maximum Gasteiger partial charge on any atom is 0.316 e. The molecule has 0 spiro atoms. The van der Waals surface area contributed by atoms with Crippen LogP contribution in [-0.2, 0) is 11.2 Å². The van der Waals surface area contributed by atoms with Crippen molar-refractivity contribution in [1.29, 1.82) is 0 Å². The van der Waals surface area contributed by atoms with Gasteiger partial charge in [-0.25, -0.2) is 4.98 Å². The number of hydrogen-bond donors (Lipinski definition) is 1. The number of hydrogen-bond acceptors (Lipinski definition) is 4. The van der Waals surface area contributed by atoms with Gasteiger partial charge < -0.3 is 9.84 Å². The first-order chi connectivity index (χ1) is 9.61. The summed E-state index contributed by atoms with van der Waals surface area (Å²) in [6, 6.07) is 9.42. The predicted molar refractivity (Wildman–Crippen MR) is 74.1 cm³/mol. The fraction of sp³-hybridized carbons (Fsp3) is 0.214. The number of aromatic nitrogens is 2. The third-order valence-corrected chi connectivity index (χ3v) is 3.13. The van der Waals surface area contributed by atoms with Crippen LogP contribution in [0.3, 0.4) is 0 Å². The number of carbonyl (C=O) groups is 1. The van der Waals surface area contributed by atoms with E-state index < -0.39 is 11.9 Å². The van der Waals surface area contributed by atoms with Crippen molar-refractivity contribution in [2.45, 2.75) is 12.3 Å². The van der Waals surface area contributed by atoms with Gasteiger partial charge in [0, 0.05) is 0 Å². The lowest BCUT2D eigenvalue weighted by atomic mass is 9.96. The number of halogens is 1. The first-order valence-corrected chi connectivity index (χ1v) is 6.32. The zero-order valence-electron chi connectivity index (χ0n) is 10.8. The van der Waals surface area contributed by atoms with E-state index in [9.17, 15) is 9.90 Å². The molecule has 0 saturated heterocycles. The number of carboxylic acids is 1. The van der Waals surface area contributed by atoms with Gasteiger partial charge in [-0.2, -0.15) is 4.98 Å². The number of ether oxygens (including phenoxy) is 1. The van der Waals surface area contributed by atoms with E-state index in [2.05, 4.69) is 9.97 Å². The van der Waals surface area contributed by atoms with E-state index in [1.807, 2.05) is 30.3 Å². The minimum absolute atomic E-state index is 0.101. The predicted octanol–water partition coefficient (Wildman–Crippen LogP) is 2.55. The molecule has 104 valence electrons. The topological polar surface area (TPSA) is 72.3 Å². The van der Waals surface area contributed by atoms with E-state index in [0.717, 1.165) is 5.56 Å². The Morgan fingerprint density at radius 2 is 2.10 bits per heavy atom. The summed E-state index contributed by atoms with van der Waals surface area (Å²) in [4.78, 5) is 19.4. The summed E-state index contributed by atoms with van der Waals surface area (Å²) < 4.78 is 4.92. The Labute approximate surface area is 121 Å². The van der Waals surface area contributed by atoms with Gasteiger partial charge in [0.15, 0.2) is 0 Å². The lowest BCUT2D eigenvalue weighted by Crippen LogP contribution is -2.17. The Kier molecular flexibility index (Phi) is 4.53. The standard InChI is InChI=1S/C14H13ClN2O3/c1-20-14-16-8-11(15)12(17-14)10(13(18)19)7-9-5-3-2-4-6-9/h2-6,8,10H,7H2,1H3,(H,18,19). The van der Waals surface area contributed by atoms with Crippen LogP contribution in [0.15, 0.2) is 36.5 Å². The highest BCUT2D eigenvalue weighted by atomic mass is 35.5. The number of carboxylic acid groups (broad SMARTS) is 1. The van der Waals surface area contributed by atoms with Crippen molar-refractivity contribution in [3.63, 3.8) is 0 Å². The lowest BCUT2D eigenvalue weighted by molar-refractivity contribution is -0.138. The van der Waals surface area contributed by atoms with Gasteiger partial charge in [0.25, 0.3) is 0 Å². The van der Waals surface area contributed by atoms with Crippen molar-refractivity contribution < 1.29 is 14.6 Å². The van der Waals surface area contributed by atoms with Crippen LogP contribution in [0.5, 0.6) is 6.01 Å². The van der Waals surface area contributed by atoms with Gasteiger partial charge in [-0.05, 0) is 12.0 Å². The molecule has 0 bridgehead atoms. The summed E-state index contributed by atoms with van der Waals surface area (Å²) in [5.41, 5.74) is 1.16. The van der Waals surface area contributed by atoms with Gasteiger partial charge in [-0.15, -0.1) is 0 Å². The Balaban J connectivity index is 2.36. The van der Waals surface area contributed by atoms with Crippen LogP contribution in [0.25, 0.3) is 0 Å². The summed E-state index contributed by atoms with van der Waals surface area (Å²) in [6.45, 7) is 0. The molecule has 0 fully saturated rings. The van der Waals surface area contributed by atoms with Crippen molar-refractivity contribution in [2.24, 2.45) is 0 Å². The minimum Gasteiger partial charge on any atom is -0.481 e. The van der Waals surface area contributed by atoms with Gasteiger partial charge in [0.05, 0.1) is 24.0 Å². The average molecular weight is 293 g/mol. The van der Waals surface area contributed by atoms with Crippen molar-refractivity contribution in [3.8, 4) is 6.01 Å². The normalized spacial score (nSPS) is 11.9. The van der Waals surface area contributed by atoms with Crippen molar-refractivity contribution >= 4 is 17.6 Å². The van der Waals surface area contributed by atoms with Crippen molar-refractivity contribution in [1.82, 2.24) is 9.97 Å². The van der Waals surface area contributed by atoms with Crippen molar-refractivity contribution in [2.75, 3.05) is 7.11 Å². The molecule has 1 unspecified atom stereocenters. The molecule has 6 heteroatoms. The third-order valence-electron chi connectivity index (χ3n) is 2.84. The first-order valence-electron chi connectivity index (χ1n) is 5.95. The van der Waals surface area contributed by atoms with Gasteiger partial charge >= 0.3 is 12.0 Å². The Hall–Kier alpha value is -2.14. The number of benzene rings is 1. The third kappa shape index (κ3) is 3.24. The molecular formula is C14H13ClN2O3. The van der Waals surface area contributed by atoms with E-state index in [1.54, 1.807) is 0 Å². The molecule has 1 aromatic heterocycles. The van der Waals surface area contributed by atoms with Gasteiger partial charge in [0.2, 0.25) is 0 Å². The lowest BCUT2D eigenvalue weighted by Gasteiger charge is -2.13. The largest absolute Gasteiger partial charge is 0.481 e. The molecule has 0 saturated carbocycles. The molecule has 1 atom stereocenters. The molecule has 0 aliphatic heterocycles. The van der Waals surface area contributed by atoms with Gasteiger partial charge in [-0.3, -0.25) is 4.79 Å². The zero-order valence-corrected chi connectivity index (χ0v) is 11.5. The fourth-order valence-corrected chi connectivity index (χ4v) is 2.08. The number of nitrogens with zero attached hydrogens (tertiary/aromatic N) is 2. The number of rotatable bonds is 5. The highest BCUT2D eigenvalue weighted by Crippen LogP contribution is 2.27. The summed E-state index contributed by atoms with van der Waals surface area (Å²) in [6.07, 6.45) is 1.65. The van der Waals surface area contributed by atoms with Crippen LogP contribution < -0.4 is 4.74 Å². The molecule has 0 amide bonds. The highest BCUT2D eigenvalue weighted by molar-refractivity contribution is 6.31. The Bertz CT molecular complexity index is 605. The average Bonchev–Trinajstić information content (AvgIpc) is 2.46. The monoisotopic (exact) mass is 292 g/mol. The Morgan fingerprint density at radius 3 is 2.70 bits per heavy atom. The molecule has 1 aromatic carbocycles. The summed E-state index contributed by atoms with van der Waals surface area (Å²) in [5, 5.41) is 9.63. The molecule has 20 heavy (non-hydrogen) atoms. The molecule has 0 radical (unpaired) electrons. The molecule has 0 aliphatic rings. The van der Waals surface area contributed by atoms with E-state index in [4.69, 9.17) is 16.3 Å². The molecule has 2 aromatic rings. The second-order valence-corrected chi connectivity index (χ2v) is 4.58. The summed E-state index contributed by atoms with van der Waals surface area (Å²) in [7, 11) is 1.42. The smallest absolute Gasteiger partial charge is 0.316 e. The molecule has 0 aliphatic carbocycles. The Morgan fingerprint density at radius 1 is 1.40 bits per heavy atom. The van der Waals surface area contributed by atoms with E-state index >= 15 is 0 Å². The summed E-state index contributed by atoms with van der Waals surface area (Å²) in [5.74, 6) is -1.83. The van der Waals surface area contributed by atoms with Crippen LogP contribution in [0.4, 0.5) is 0 Å². The fourth-order valence-electron chi connectivity index (χ4n) is 1.86. The van der Waals surface area contributed by atoms with Crippen molar-refractivity contribution in [3.05, 3.63) is 52.8 Å². The van der Waals surface area contributed by atoms with Crippen LogP contribution in [0.2, 0.25) is 5.02 Å². The molecule has 5 nitrogen and oxygen atoms in total.